The third-order valence-corrected chi connectivity index (χ3v) is 4.43. The van der Waals surface area contributed by atoms with Gasteiger partial charge in [0.15, 0.2) is 0 Å². The third kappa shape index (κ3) is 4.19. The van der Waals surface area contributed by atoms with Crippen molar-refractivity contribution in [3.8, 4) is 0 Å². The Morgan fingerprint density at radius 2 is 2.15 bits per heavy atom. The van der Waals surface area contributed by atoms with Crippen LogP contribution in [0.25, 0.3) is 0 Å². The van der Waals surface area contributed by atoms with E-state index in [0.29, 0.717) is 0 Å². The third-order valence-electron chi connectivity index (χ3n) is 3.89. The van der Waals surface area contributed by atoms with Gasteiger partial charge in [-0.1, -0.05) is 13.8 Å². The summed E-state index contributed by atoms with van der Waals surface area (Å²) in [7, 11) is 0. The van der Waals surface area contributed by atoms with Crippen molar-refractivity contribution < 1.29 is 0 Å². The highest BCUT2D eigenvalue weighted by atomic mass is 32.2. The molecular weight excluding hydrogens is 266 g/mol. The summed E-state index contributed by atoms with van der Waals surface area (Å²) < 4.78 is 0. The number of aryl methyl sites for hydroxylation is 2. The zero-order valence-electron chi connectivity index (χ0n) is 13.2. The molecule has 4 heteroatoms. The number of hydrogen-bond acceptors (Lipinski definition) is 4. The van der Waals surface area contributed by atoms with Gasteiger partial charge in [0, 0.05) is 11.4 Å². The number of aromatic nitrogens is 2. The molecule has 1 aliphatic carbocycles. The highest BCUT2D eigenvalue weighted by molar-refractivity contribution is 7.97. The number of thioether (sulfide) groups is 1. The van der Waals surface area contributed by atoms with Gasteiger partial charge in [-0.15, -0.1) is 0 Å². The smallest absolute Gasteiger partial charge is 0.138 e. The maximum absolute atomic E-state index is 4.75. The Bertz CT molecular complexity index is 446. The number of rotatable bonds is 6. The van der Waals surface area contributed by atoms with E-state index in [1.807, 2.05) is 0 Å². The van der Waals surface area contributed by atoms with Crippen molar-refractivity contribution in [3.63, 3.8) is 0 Å². The first-order chi connectivity index (χ1) is 9.60. The molecule has 0 saturated carbocycles. The van der Waals surface area contributed by atoms with E-state index < -0.39 is 0 Å². The number of nitrogens with zero attached hydrogens (tertiary/aromatic N) is 2. The SMILES string of the molecule is CSCc1nc(C)c2c(n1)CCC(CNCC(C)C)C2. The number of nitrogens with one attached hydrogen (secondary N) is 1. The monoisotopic (exact) mass is 293 g/mol. The molecule has 0 saturated heterocycles. The second-order valence-corrected chi connectivity index (χ2v) is 7.11. The molecule has 0 amide bonds. The predicted molar refractivity (Wildman–Crippen MR) is 87.2 cm³/mol. The van der Waals surface area contributed by atoms with Crippen molar-refractivity contribution in [3.05, 3.63) is 22.8 Å². The van der Waals surface area contributed by atoms with E-state index >= 15 is 0 Å². The van der Waals surface area contributed by atoms with Crippen molar-refractivity contribution in [2.24, 2.45) is 11.8 Å². The highest BCUT2D eigenvalue weighted by Gasteiger charge is 2.22. The maximum Gasteiger partial charge on any atom is 0.138 e. The van der Waals surface area contributed by atoms with Gasteiger partial charge in [-0.3, -0.25) is 0 Å². The van der Waals surface area contributed by atoms with Crippen LogP contribution >= 0.6 is 11.8 Å². The van der Waals surface area contributed by atoms with Gasteiger partial charge in [-0.25, -0.2) is 9.97 Å². The summed E-state index contributed by atoms with van der Waals surface area (Å²) >= 11 is 1.79. The van der Waals surface area contributed by atoms with Gasteiger partial charge in [-0.2, -0.15) is 11.8 Å². The Kier molecular flexibility index (Phi) is 5.85. The molecule has 20 heavy (non-hydrogen) atoms. The summed E-state index contributed by atoms with van der Waals surface area (Å²) in [5, 5.41) is 3.59. The molecule has 1 unspecified atom stereocenters. The van der Waals surface area contributed by atoms with E-state index in [4.69, 9.17) is 4.98 Å². The van der Waals surface area contributed by atoms with Gasteiger partial charge in [0.05, 0.1) is 5.75 Å². The molecule has 0 bridgehead atoms. The van der Waals surface area contributed by atoms with E-state index in [0.717, 1.165) is 49.3 Å². The van der Waals surface area contributed by atoms with E-state index in [1.165, 1.54) is 23.4 Å². The topological polar surface area (TPSA) is 37.8 Å². The molecule has 0 radical (unpaired) electrons. The molecule has 1 N–H and O–H groups in total. The van der Waals surface area contributed by atoms with Crippen LogP contribution in [0.4, 0.5) is 0 Å². The second kappa shape index (κ2) is 7.41. The van der Waals surface area contributed by atoms with Crippen LogP contribution in [-0.2, 0) is 18.6 Å². The number of hydrogen-bond donors (Lipinski definition) is 1. The fourth-order valence-corrected chi connectivity index (χ4v) is 3.25. The van der Waals surface area contributed by atoms with Crippen molar-refractivity contribution in [1.29, 1.82) is 0 Å². The molecule has 1 aliphatic rings. The van der Waals surface area contributed by atoms with Crippen molar-refractivity contribution in [1.82, 2.24) is 15.3 Å². The first-order valence-corrected chi connectivity index (χ1v) is 9.04. The molecular formula is C16H27N3S. The van der Waals surface area contributed by atoms with Crippen LogP contribution in [0.1, 0.15) is 43.0 Å². The summed E-state index contributed by atoms with van der Waals surface area (Å²) in [6, 6.07) is 0. The van der Waals surface area contributed by atoms with Gasteiger partial charge >= 0.3 is 0 Å². The Balaban J connectivity index is 1.99. The zero-order valence-corrected chi connectivity index (χ0v) is 14.0. The molecule has 1 atom stereocenters. The predicted octanol–water partition coefficient (Wildman–Crippen LogP) is 3.00. The van der Waals surface area contributed by atoms with Gasteiger partial charge in [0.25, 0.3) is 0 Å². The Labute approximate surface area is 127 Å². The Morgan fingerprint density at radius 3 is 2.85 bits per heavy atom. The average molecular weight is 293 g/mol. The standard InChI is InChI=1S/C16H27N3S/c1-11(2)8-17-9-13-5-6-15-14(7-13)12(3)18-16(19-15)10-20-4/h11,13,17H,5-10H2,1-4H3. The summed E-state index contributed by atoms with van der Waals surface area (Å²) in [6.07, 6.45) is 5.63. The lowest BCUT2D eigenvalue weighted by Gasteiger charge is -2.26. The van der Waals surface area contributed by atoms with Gasteiger partial charge in [-0.05, 0) is 62.9 Å². The van der Waals surface area contributed by atoms with Gasteiger partial charge in [0.1, 0.15) is 5.82 Å². The average Bonchev–Trinajstić information content (AvgIpc) is 2.39. The van der Waals surface area contributed by atoms with Gasteiger partial charge in [0.2, 0.25) is 0 Å². The van der Waals surface area contributed by atoms with Crippen LogP contribution in [0, 0.1) is 18.8 Å². The molecule has 3 nitrogen and oxygen atoms in total. The minimum absolute atomic E-state index is 0.727. The van der Waals surface area contributed by atoms with E-state index in [9.17, 15) is 0 Å². The van der Waals surface area contributed by atoms with Crippen LogP contribution in [0.2, 0.25) is 0 Å². The second-order valence-electron chi connectivity index (χ2n) is 6.24. The summed E-state index contributed by atoms with van der Waals surface area (Å²) in [4.78, 5) is 9.42. The molecule has 112 valence electrons. The minimum Gasteiger partial charge on any atom is -0.316 e. The van der Waals surface area contributed by atoms with Crippen molar-refractivity contribution >= 4 is 11.8 Å². The quantitative estimate of drug-likeness (QED) is 0.875. The molecule has 2 rings (SSSR count). The molecule has 1 aromatic heterocycles. The highest BCUT2D eigenvalue weighted by Crippen LogP contribution is 2.26. The van der Waals surface area contributed by atoms with E-state index in [2.05, 4.69) is 37.3 Å². The minimum atomic E-state index is 0.727. The van der Waals surface area contributed by atoms with Crippen LogP contribution in [0.3, 0.4) is 0 Å². The Hall–Kier alpha value is -0.610. The largest absolute Gasteiger partial charge is 0.316 e. The van der Waals surface area contributed by atoms with Crippen LogP contribution in [0.5, 0.6) is 0 Å². The lowest BCUT2D eigenvalue weighted by Crippen LogP contribution is -2.30. The zero-order chi connectivity index (χ0) is 14.5. The molecule has 0 aromatic carbocycles. The number of fused-ring (bicyclic) bond motifs is 1. The first-order valence-electron chi connectivity index (χ1n) is 7.65. The molecule has 0 spiro atoms. The summed E-state index contributed by atoms with van der Waals surface area (Å²) in [5.74, 6) is 3.40. The van der Waals surface area contributed by atoms with E-state index in [1.54, 1.807) is 11.8 Å². The van der Waals surface area contributed by atoms with Crippen molar-refractivity contribution in [2.45, 2.75) is 45.8 Å². The molecule has 1 aromatic rings. The lowest BCUT2D eigenvalue weighted by atomic mass is 9.85. The first kappa shape index (κ1) is 15.8. The molecule has 0 fully saturated rings. The fraction of sp³-hybridized carbons (Fsp3) is 0.750. The molecule has 1 heterocycles. The van der Waals surface area contributed by atoms with Crippen LogP contribution in [-0.4, -0.2) is 29.3 Å². The maximum atomic E-state index is 4.75. The van der Waals surface area contributed by atoms with E-state index in [-0.39, 0.29) is 0 Å². The summed E-state index contributed by atoms with van der Waals surface area (Å²) in [5.41, 5.74) is 3.92. The van der Waals surface area contributed by atoms with Gasteiger partial charge < -0.3 is 5.32 Å². The normalized spacial score (nSPS) is 18.4. The summed E-state index contributed by atoms with van der Waals surface area (Å²) in [6.45, 7) is 8.91. The van der Waals surface area contributed by atoms with Crippen molar-refractivity contribution in [2.75, 3.05) is 19.3 Å². The Morgan fingerprint density at radius 1 is 1.35 bits per heavy atom. The molecule has 0 aliphatic heterocycles. The van der Waals surface area contributed by atoms with Crippen LogP contribution in [0.15, 0.2) is 0 Å². The van der Waals surface area contributed by atoms with Crippen LogP contribution < -0.4 is 5.32 Å². The fourth-order valence-electron chi connectivity index (χ4n) is 2.87. The lowest BCUT2D eigenvalue weighted by molar-refractivity contribution is 0.404.